The molecule has 1 atom stereocenters. The van der Waals surface area contributed by atoms with Crippen LogP contribution in [0.1, 0.15) is 37.0 Å². The summed E-state index contributed by atoms with van der Waals surface area (Å²) in [5.74, 6) is 0.687. The number of nitrogens with two attached hydrogens (primary N) is 1. The molecule has 1 aliphatic heterocycles. The molecule has 1 aliphatic rings. The van der Waals surface area contributed by atoms with E-state index in [9.17, 15) is 9.59 Å². The summed E-state index contributed by atoms with van der Waals surface area (Å²) in [4.78, 5) is 27.3. The lowest BCUT2D eigenvalue weighted by atomic mass is 10.0. The Morgan fingerprint density at radius 2 is 2.23 bits per heavy atom. The zero-order chi connectivity index (χ0) is 18.7. The average molecular weight is 357 g/mol. The number of nitrogens with zero attached hydrogens (tertiary/aromatic N) is 1. The van der Waals surface area contributed by atoms with Crippen LogP contribution >= 0.6 is 0 Å². The molecule has 0 saturated carbocycles. The summed E-state index contributed by atoms with van der Waals surface area (Å²) in [5, 5.41) is 4.41. The van der Waals surface area contributed by atoms with Crippen LogP contribution in [0.25, 0.3) is 10.8 Å². The number of primary amides is 1. The number of benzene rings is 1. The molecule has 0 bridgehead atoms. The normalized spacial score (nSPS) is 17.2. The summed E-state index contributed by atoms with van der Waals surface area (Å²) in [7, 11) is 0. The van der Waals surface area contributed by atoms with E-state index in [4.69, 9.17) is 15.2 Å². The van der Waals surface area contributed by atoms with E-state index in [0.29, 0.717) is 36.8 Å². The van der Waals surface area contributed by atoms with Crippen molar-refractivity contribution in [1.29, 1.82) is 0 Å². The van der Waals surface area contributed by atoms with Gasteiger partial charge in [0.1, 0.15) is 5.75 Å². The fraction of sp³-hybridized carbons (Fsp3) is 0.421. The minimum atomic E-state index is -0.542. The quantitative estimate of drug-likeness (QED) is 0.823. The number of aromatic nitrogens is 1. The van der Waals surface area contributed by atoms with E-state index in [1.54, 1.807) is 24.4 Å². The number of hydrogen-bond acceptors (Lipinski definition) is 5. The molecule has 7 heteroatoms. The number of amides is 2. The Morgan fingerprint density at radius 1 is 1.42 bits per heavy atom. The van der Waals surface area contributed by atoms with E-state index in [2.05, 4.69) is 10.3 Å². The molecular weight excluding hydrogens is 334 g/mol. The SMILES string of the molecule is CC(C)Oc1cc2c(OC[C@H]3CCC(=O)NC3)nccc2cc1C(N)=O. The van der Waals surface area contributed by atoms with Crippen molar-refractivity contribution < 1.29 is 19.1 Å². The van der Waals surface area contributed by atoms with E-state index < -0.39 is 5.91 Å². The van der Waals surface area contributed by atoms with Gasteiger partial charge in [0.25, 0.3) is 5.91 Å². The summed E-state index contributed by atoms with van der Waals surface area (Å²) >= 11 is 0. The van der Waals surface area contributed by atoms with Crippen LogP contribution in [0.2, 0.25) is 0 Å². The summed E-state index contributed by atoms with van der Waals surface area (Å²) < 4.78 is 11.7. The average Bonchev–Trinajstić information content (AvgIpc) is 2.60. The highest BCUT2D eigenvalue weighted by Gasteiger charge is 2.20. The van der Waals surface area contributed by atoms with Crippen LogP contribution < -0.4 is 20.5 Å². The number of piperidine rings is 1. The lowest BCUT2D eigenvalue weighted by molar-refractivity contribution is -0.123. The standard InChI is InChI=1S/C19H23N3O4/c1-11(2)26-16-8-14-13(7-15(16)18(20)24)5-6-21-19(14)25-10-12-3-4-17(23)22-9-12/h5-8,11-12H,3-4,9-10H2,1-2H3,(H2,20,24)(H,22,23)/t12-/m0/s1. The number of carbonyl (C=O) groups excluding carboxylic acids is 2. The van der Waals surface area contributed by atoms with Crippen molar-refractivity contribution in [3.63, 3.8) is 0 Å². The topological polar surface area (TPSA) is 104 Å². The van der Waals surface area contributed by atoms with Crippen molar-refractivity contribution in [2.45, 2.75) is 32.8 Å². The molecular formula is C19H23N3O4. The second kappa shape index (κ2) is 7.59. The zero-order valence-corrected chi connectivity index (χ0v) is 15.0. The van der Waals surface area contributed by atoms with Gasteiger partial charge in [-0.15, -0.1) is 0 Å². The largest absolute Gasteiger partial charge is 0.490 e. The van der Waals surface area contributed by atoms with Crippen molar-refractivity contribution in [3.8, 4) is 11.6 Å². The number of nitrogens with one attached hydrogen (secondary N) is 1. The maximum absolute atomic E-state index is 11.8. The highest BCUT2D eigenvalue weighted by Crippen LogP contribution is 2.31. The molecule has 0 radical (unpaired) electrons. The van der Waals surface area contributed by atoms with Crippen molar-refractivity contribution >= 4 is 22.6 Å². The smallest absolute Gasteiger partial charge is 0.252 e. The third-order valence-electron chi connectivity index (χ3n) is 4.28. The molecule has 1 saturated heterocycles. The second-order valence-corrected chi connectivity index (χ2v) is 6.74. The zero-order valence-electron chi connectivity index (χ0n) is 15.0. The van der Waals surface area contributed by atoms with E-state index in [0.717, 1.165) is 17.2 Å². The third-order valence-corrected chi connectivity index (χ3v) is 4.28. The van der Waals surface area contributed by atoms with E-state index in [-0.39, 0.29) is 17.9 Å². The number of rotatable bonds is 6. The summed E-state index contributed by atoms with van der Waals surface area (Å²) in [5.41, 5.74) is 5.82. The van der Waals surface area contributed by atoms with Crippen molar-refractivity contribution in [2.75, 3.05) is 13.2 Å². The Kier molecular flexibility index (Phi) is 5.25. The Hall–Kier alpha value is -2.83. The molecule has 26 heavy (non-hydrogen) atoms. The molecule has 3 rings (SSSR count). The monoisotopic (exact) mass is 357 g/mol. The Balaban J connectivity index is 1.88. The van der Waals surface area contributed by atoms with Gasteiger partial charge in [-0.25, -0.2) is 4.98 Å². The number of hydrogen-bond donors (Lipinski definition) is 2. The lowest BCUT2D eigenvalue weighted by Gasteiger charge is -2.22. The minimum absolute atomic E-state index is 0.0824. The Labute approximate surface area is 151 Å². The molecule has 2 amide bonds. The van der Waals surface area contributed by atoms with Crippen LogP contribution in [0.3, 0.4) is 0 Å². The van der Waals surface area contributed by atoms with Gasteiger partial charge in [0.15, 0.2) is 0 Å². The van der Waals surface area contributed by atoms with Gasteiger partial charge in [0.2, 0.25) is 11.8 Å². The maximum atomic E-state index is 11.8. The van der Waals surface area contributed by atoms with Crippen LogP contribution in [-0.2, 0) is 4.79 Å². The molecule has 0 spiro atoms. The van der Waals surface area contributed by atoms with Gasteiger partial charge in [-0.3, -0.25) is 9.59 Å². The first-order valence-electron chi connectivity index (χ1n) is 8.72. The predicted octanol–water partition coefficient (Wildman–Crippen LogP) is 2.03. The summed E-state index contributed by atoms with van der Waals surface area (Å²) in [6.45, 7) is 4.83. The number of ether oxygens (including phenoxy) is 2. The first-order valence-corrected chi connectivity index (χ1v) is 8.72. The predicted molar refractivity (Wildman–Crippen MR) is 97.3 cm³/mol. The molecule has 1 fully saturated rings. The van der Waals surface area contributed by atoms with Crippen molar-refractivity contribution in [2.24, 2.45) is 11.7 Å². The maximum Gasteiger partial charge on any atom is 0.252 e. The number of fused-ring (bicyclic) bond motifs is 1. The van der Waals surface area contributed by atoms with Gasteiger partial charge in [0, 0.05) is 30.5 Å². The second-order valence-electron chi connectivity index (χ2n) is 6.74. The molecule has 2 aromatic rings. The summed E-state index contributed by atoms with van der Waals surface area (Å²) in [6, 6.07) is 5.25. The van der Waals surface area contributed by atoms with Crippen LogP contribution in [0, 0.1) is 5.92 Å². The molecule has 0 unspecified atom stereocenters. The molecule has 7 nitrogen and oxygen atoms in total. The van der Waals surface area contributed by atoms with Gasteiger partial charge in [-0.1, -0.05) is 0 Å². The highest BCUT2D eigenvalue weighted by molar-refractivity contribution is 6.01. The fourth-order valence-electron chi connectivity index (χ4n) is 2.96. The Morgan fingerprint density at radius 3 is 2.88 bits per heavy atom. The van der Waals surface area contributed by atoms with Gasteiger partial charge < -0.3 is 20.5 Å². The molecule has 0 aliphatic carbocycles. The van der Waals surface area contributed by atoms with Gasteiger partial charge in [-0.05, 0) is 43.9 Å². The minimum Gasteiger partial charge on any atom is -0.490 e. The number of carbonyl (C=O) groups is 2. The fourth-order valence-corrected chi connectivity index (χ4v) is 2.96. The van der Waals surface area contributed by atoms with Gasteiger partial charge in [-0.2, -0.15) is 0 Å². The summed E-state index contributed by atoms with van der Waals surface area (Å²) in [6.07, 6.45) is 2.85. The van der Waals surface area contributed by atoms with Crippen LogP contribution in [0.15, 0.2) is 24.4 Å². The first kappa shape index (κ1) is 18.0. The van der Waals surface area contributed by atoms with Crippen LogP contribution in [0.5, 0.6) is 11.6 Å². The van der Waals surface area contributed by atoms with Gasteiger partial charge >= 0.3 is 0 Å². The Bertz CT molecular complexity index is 825. The van der Waals surface area contributed by atoms with E-state index in [1.165, 1.54) is 0 Å². The molecule has 2 heterocycles. The van der Waals surface area contributed by atoms with Crippen molar-refractivity contribution in [3.05, 3.63) is 30.0 Å². The van der Waals surface area contributed by atoms with Crippen LogP contribution in [0.4, 0.5) is 0 Å². The third kappa shape index (κ3) is 4.04. The molecule has 1 aromatic heterocycles. The first-order chi connectivity index (χ1) is 12.4. The molecule has 138 valence electrons. The lowest BCUT2D eigenvalue weighted by Crippen LogP contribution is -2.37. The van der Waals surface area contributed by atoms with Crippen molar-refractivity contribution in [1.82, 2.24) is 10.3 Å². The molecule has 1 aromatic carbocycles. The van der Waals surface area contributed by atoms with Crippen LogP contribution in [-0.4, -0.2) is 36.1 Å². The highest BCUT2D eigenvalue weighted by atomic mass is 16.5. The van der Waals surface area contributed by atoms with Gasteiger partial charge in [0.05, 0.1) is 18.3 Å². The van der Waals surface area contributed by atoms with E-state index in [1.807, 2.05) is 13.8 Å². The number of pyridine rings is 1. The van der Waals surface area contributed by atoms with E-state index >= 15 is 0 Å². The molecule has 3 N–H and O–H groups in total.